The molecule has 0 aliphatic carbocycles. The smallest absolute Gasteiger partial charge is 0.227 e. The van der Waals surface area contributed by atoms with Crippen molar-refractivity contribution in [3.63, 3.8) is 0 Å². The molecular formula is C21H27N7O. The minimum Gasteiger partial charge on any atom is -0.378 e. The first-order chi connectivity index (χ1) is 14.2. The van der Waals surface area contributed by atoms with E-state index >= 15 is 0 Å². The largest absolute Gasteiger partial charge is 0.378 e. The van der Waals surface area contributed by atoms with Crippen LogP contribution in [0.3, 0.4) is 0 Å². The summed E-state index contributed by atoms with van der Waals surface area (Å²) in [6.45, 7) is 10.1. The van der Waals surface area contributed by atoms with Crippen LogP contribution in [0.4, 0.5) is 11.8 Å². The van der Waals surface area contributed by atoms with Gasteiger partial charge in [0.25, 0.3) is 0 Å². The van der Waals surface area contributed by atoms with Crippen molar-refractivity contribution in [2.75, 3.05) is 62.3 Å². The van der Waals surface area contributed by atoms with E-state index < -0.39 is 0 Å². The van der Waals surface area contributed by atoms with E-state index in [2.05, 4.69) is 38.3 Å². The number of pyridine rings is 1. The molecule has 0 unspecified atom stereocenters. The van der Waals surface area contributed by atoms with Gasteiger partial charge in [0.15, 0.2) is 0 Å². The van der Waals surface area contributed by atoms with Crippen LogP contribution >= 0.6 is 0 Å². The second-order valence-electron chi connectivity index (χ2n) is 7.73. The van der Waals surface area contributed by atoms with Gasteiger partial charge in [-0.2, -0.15) is 4.98 Å². The van der Waals surface area contributed by atoms with Crippen LogP contribution in [0.1, 0.15) is 11.4 Å². The van der Waals surface area contributed by atoms with Gasteiger partial charge in [0.1, 0.15) is 11.5 Å². The molecule has 2 aliphatic rings. The van der Waals surface area contributed by atoms with Crippen molar-refractivity contribution in [1.82, 2.24) is 24.3 Å². The summed E-state index contributed by atoms with van der Waals surface area (Å²) in [5, 5.41) is 0. The molecule has 5 rings (SSSR count). The molecule has 152 valence electrons. The first kappa shape index (κ1) is 18.3. The summed E-state index contributed by atoms with van der Waals surface area (Å²) in [5.74, 6) is 1.86. The highest BCUT2D eigenvalue weighted by atomic mass is 16.5. The Labute approximate surface area is 170 Å². The van der Waals surface area contributed by atoms with E-state index in [1.54, 1.807) is 0 Å². The van der Waals surface area contributed by atoms with Crippen molar-refractivity contribution in [3.8, 4) is 0 Å². The average Bonchev–Trinajstić information content (AvgIpc) is 3.17. The molecule has 3 aromatic heterocycles. The lowest BCUT2D eigenvalue weighted by Gasteiger charge is -2.35. The molecular weight excluding hydrogens is 366 g/mol. The van der Waals surface area contributed by atoms with Gasteiger partial charge < -0.3 is 18.9 Å². The van der Waals surface area contributed by atoms with Crippen LogP contribution in [0.2, 0.25) is 0 Å². The van der Waals surface area contributed by atoms with Gasteiger partial charge in [-0.1, -0.05) is 6.07 Å². The molecule has 29 heavy (non-hydrogen) atoms. The number of rotatable bonds is 4. The summed E-state index contributed by atoms with van der Waals surface area (Å²) in [6, 6.07) is 8.18. The Kier molecular flexibility index (Phi) is 5.03. The van der Waals surface area contributed by atoms with Gasteiger partial charge in [-0.05, 0) is 19.1 Å². The molecule has 2 fully saturated rings. The molecule has 0 saturated carbocycles. The number of morpholine rings is 1. The maximum absolute atomic E-state index is 5.47. The molecule has 2 aliphatic heterocycles. The maximum atomic E-state index is 5.47. The Morgan fingerprint density at radius 2 is 1.76 bits per heavy atom. The van der Waals surface area contributed by atoms with E-state index in [9.17, 15) is 0 Å². The Morgan fingerprint density at radius 3 is 2.55 bits per heavy atom. The number of ether oxygens (including phenoxy) is 1. The van der Waals surface area contributed by atoms with Gasteiger partial charge in [0.2, 0.25) is 5.95 Å². The van der Waals surface area contributed by atoms with E-state index in [1.807, 2.05) is 24.4 Å². The highest BCUT2D eigenvalue weighted by Crippen LogP contribution is 2.20. The predicted molar refractivity (Wildman–Crippen MR) is 112 cm³/mol. The van der Waals surface area contributed by atoms with Crippen LogP contribution in [-0.4, -0.2) is 76.7 Å². The lowest BCUT2D eigenvalue weighted by atomic mass is 10.3. The van der Waals surface area contributed by atoms with E-state index in [0.29, 0.717) is 0 Å². The number of aryl methyl sites for hydroxylation is 1. The molecule has 0 atom stereocenters. The van der Waals surface area contributed by atoms with Crippen LogP contribution in [0.15, 0.2) is 36.7 Å². The van der Waals surface area contributed by atoms with E-state index in [-0.39, 0.29) is 0 Å². The second kappa shape index (κ2) is 7.96. The molecule has 5 heterocycles. The number of aromatic nitrogens is 4. The Bertz CT molecular complexity index is 941. The first-order valence-electron chi connectivity index (χ1n) is 10.3. The molecule has 0 amide bonds. The van der Waals surface area contributed by atoms with Gasteiger partial charge in [0.05, 0.1) is 18.9 Å². The van der Waals surface area contributed by atoms with Gasteiger partial charge in [-0.15, -0.1) is 0 Å². The predicted octanol–water partition coefficient (Wildman–Crippen LogP) is 1.59. The number of imidazole rings is 1. The third-order valence-electron chi connectivity index (χ3n) is 5.62. The number of nitrogens with zero attached hydrogens (tertiary/aromatic N) is 7. The summed E-state index contributed by atoms with van der Waals surface area (Å²) < 4.78 is 7.55. The fourth-order valence-corrected chi connectivity index (χ4v) is 4.03. The highest BCUT2D eigenvalue weighted by molar-refractivity contribution is 5.46. The summed E-state index contributed by atoms with van der Waals surface area (Å²) in [4.78, 5) is 21.4. The van der Waals surface area contributed by atoms with Crippen molar-refractivity contribution in [3.05, 3.63) is 48.0 Å². The quantitative estimate of drug-likeness (QED) is 0.667. The van der Waals surface area contributed by atoms with Crippen molar-refractivity contribution in [1.29, 1.82) is 0 Å². The van der Waals surface area contributed by atoms with E-state index in [1.165, 1.54) is 0 Å². The van der Waals surface area contributed by atoms with Gasteiger partial charge in [-0.25, -0.2) is 9.97 Å². The lowest BCUT2D eigenvalue weighted by Crippen LogP contribution is -2.46. The van der Waals surface area contributed by atoms with Crippen molar-refractivity contribution in [2.45, 2.75) is 13.5 Å². The fourth-order valence-electron chi connectivity index (χ4n) is 4.03. The number of anilines is 2. The number of hydrogen-bond donors (Lipinski definition) is 0. The molecule has 8 nitrogen and oxygen atoms in total. The summed E-state index contributed by atoms with van der Waals surface area (Å²) in [6.07, 6.45) is 4.17. The zero-order valence-corrected chi connectivity index (χ0v) is 16.9. The third-order valence-corrected chi connectivity index (χ3v) is 5.62. The van der Waals surface area contributed by atoms with E-state index in [0.717, 1.165) is 87.8 Å². The molecule has 2 saturated heterocycles. The molecule has 8 heteroatoms. The molecule has 3 aromatic rings. The zero-order chi connectivity index (χ0) is 19.6. The summed E-state index contributed by atoms with van der Waals surface area (Å²) >= 11 is 0. The summed E-state index contributed by atoms with van der Waals surface area (Å²) in [5.41, 5.74) is 3.14. The molecule has 0 bridgehead atoms. The zero-order valence-electron chi connectivity index (χ0n) is 16.9. The Hall–Kier alpha value is -2.71. The summed E-state index contributed by atoms with van der Waals surface area (Å²) in [7, 11) is 0. The lowest BCUT2D eigenvalue weighted by molar-refractivity contribution is 0.122. The van der Waals surface area contributed by atoms with Crippen LogP contribution in [0, 0.1) is 6.92 Å². The SMILES string of the molecule is Cc1cc(N2CCOCC2)nc(N2CCN(Cc3cn4ccccc4n3)CC2)n1. The van der Waals surface area contributed by atoms with Crippen molar-refractivity contribution >= 4 is 17.4 Å². The minimum absolute atomic E-state index is 0.764. The van der Waals surface area contributed by atoms with Crippen molar-refractivity contribution in [2.24, 2.45) is 0 Å². The number of piperazine rings is 1. The monoisotopic (exact) mass is 393 g/mol. The third kappa shape index (κ3) is 4.04. The van der Waals surface area contributed by atoms with Crippen LogP contribution in [0.5, 0.6) is 0 Å². The maximum Gasteiger partial charge on any atom is 0.227 e. The molecule has 0 N–H and O–H groups in total. The average molecular weight is 393 g/mol. The molecule has 0 radical (unpaired) electrons. The number of hydrogen-bond acceptors (Lipinski definition) is 7. The van der Waals surface area contributed by atoms with Gasteiger partial charge in [-0.3, -0.25) is 4.90 Å². The van der Waals surface area contributed by atoms with Crippen LogP contribution in [0.25, 0.3) is 5.65 Å². The topological polar surface area (TPSA) is 62.0 Å². The number of fused-ring (bicyclic) bond motifs is 1. The normalized spacial score (nSPS) is 18.5. The highest BCUT2D eigenvalue weighted by Gasteiger charge is 2.22. The standard InChI is InChI=1S/C21H27N7O/c1-17-14-20(26-10-12-29-13-11-26)24-21(22-17)27-8-6-25(7-9-27)15-18-16-28-5-3-2-4-19(28)23-18/h2-5,14,16H,6-13,15H2,1H3. The Balaban J connectivity index is 1.23. The van der Waals surface area contributed by atoms with Crippen molar-refractivity contribution < 1.29 is 4.74 Å². The van der Waals surface area contributed by atoms with Crippen LogP contribution in [-0.2, 0) is 11.3 Å². The minimum atomic E-state index is 0.764. The van der Waals surface area contributed by atoms with E-state index in [4.69, 9.17) is 19.7 Å². The Morgan fingerprint density at radius 1 is 0.931 bits per heavy atom. The van der Waals surface area contributed by atoms with Gasteiger partial charge >= 0.3 is 0 Å². The molecule has 0 spiro atoms. The molecule has 0 aromatic carbocycles. The van der Waals surface area contributed by atoms with Gasteiger partial charge in [0, 0.05) is 70.0 Å². The fraction of sp³-hybridized carbons (Fsp3) is 0.476. The first-order valence-corrected chi connectivity index (χ1v) is 10.3. The second-order valence-corrected chi connectivity index (χ2v) is 7.73. The van der Waals surface area contributed by atoms with Crippen LogP contribution < -0.4 is 9.80 Å².